The van der Waals surface area contributed by atoms with Crippen molar-refractivity contribution in [3.8, 4) is 0 Å². The molecule has 4 rings (SSSR count). The number of aromatic nitrogens is 1. The number of furan rings is 1. The summed E-state index contributed by atoms with van der Waals surface area (Å²) in [5.41, 5.74) is 3.37. The molecule has 23 heavy (non-hydrogen) atoms. The number of benzene rings is 1. The van der Waals surface area contributed by atoms with E-state index in [0.717, 1.165) is 47.1 Å². The molecule has 1 aliphatic rings. The zero-order chi connectivity index (χ0) is 15.8. The molecule has 1 aromatic carbocycles. The van der Waals surface area contributed by atoms with Crippen LogP contribution in [0.15, 0.2) is 47.2 Å². The van der Waals surface area contributed by atoms with E-state index in [4.69, 9.17) is 4.42 Å². The number of hydrogen-bond donors (Lipinski definition) is 1. The van der Waals surface area contributed by atoms with E-state index < -0.39 is 0 Å². The lowest BCUT2D eigenvalue weighted by molar-refractivity contribution is -0.121. The van der Waals surface area contributed by atoms with E-state index in [0.29, 0.717) is 6.42 Å². The molecule has 0 bridgehead atoms. The second kappa shape index (κ2) is 5.61. The number of para-hydroxylation sites is 1. The first-order chi connectivity index (χ1) is 11.2. The Balaban J connectivity index is 1.53. The maximum atomic E-state index is 12.5. The van der Waals surface area contributed by atoms with Crippen LogP contribution < -0.4 is 5.32 Å². The van der Waals surface area contributed by atoms with E-state index >= 15 is 0 Å². The third-order valence-corrected chi connectivity index (χ3v) is 4.72. The SMILES string of the molecule is Cn1cc(CC(=O)NC2CCCc3occc32)c2ccccc21. The van der Waals surface area contributed by atoms with Gasteiger partial charge in [0, 0.05) is 36.1 Å². The first kappa shape index (κ1) is 14.1. The number of carbonyl (C=O) groups excluding carboxylic acids is 1. The van der Waals surface area contributed by atoms with E-state index in [-0.39, 0.29) is 11.9 Å². The quantitative estimate of drug-likeness (QED) is 0.805. The Morgan fingerprint density at radius 1 is 1.35 bits per heavy atom. The smallest absolute Gasteiger partial charge is 0.224 e. The van der Waals surface area contributed by atoms with Gasteiger partial charge >= 0.3 is 0 Å². The summed E-state index contributed by atoms with van der Waals surface area (Å²) in [4.78, 5) is 12.5. The number of aryl methyl sites for hydroxylation is 2. The Morgan fingerprint density at radius 3 is 3.13 bits per heavy atom. The van der Waals surface area contributed by atoms with Gasteiger partial charge in [0.15, 0.2) is 0 Å². The second-order valence-electron chi connectivity index (χ2n) is 6.27. The summed E-state index contributed by atoms with van der Waals surface area (Å²) in [5, 5.41) is 4.33. The molecule has 0 radical (unpaired) electrons. The number of hydrogen-bond acceptors (Lipinski definition) is 2. The van der Waals surface area contributed by atoms with Gasteiger partial charge in [-0.25, -0.2) is 0 Å². The van der Waals surface area contributed by atoms with Crippen LogP contribution in [0.5, 0.6) is 0 Å². The van der Waals surface area contributed by atoms with Gasteiger partial charge in [0.2, 0.25) is 5.91 Å². The lowest BCUT2D eigenvalue weighted by Crippen LogP contribution is -2.31. The molecular weight excluding hydrogens is 288 g/mol. The van der Waals surface area contributed by atoms with Crippen molar-refractivity contribution >= 4 is 16.8 Å². The molecule has 118 valence electrons. The molecule has 0 fully saturated rings. The van der Waals surface area contributed by atoms with Gasteiger partial charge < -0.3 is 14.3 Å². The highest BCUT2D eigenvalue weighted by Crippen LogP contribution is 2.30. The Hall–Kier alpha value is -2.49. The fourth-order valence-electron chi connectivity index (χ4n) is 3.62. The molecule has 4 heteroatoms. The molecule has 2 heterocycles. The van der Waals surface area contributed by atoms with Gasteiger partial charge in [0.25, 0.3) is 0 Å². The van der Waals surface area contributed by atoms with Crippen molar-refractivity contribution < 1.29 is 9.21 Å². The van der Waals surface area contributed by atoms with E-state index in [1.54, 1.807) is 6.26 Å². The van der Waals surface area contributed by atoms with Crippen molar-refractivity contribution in [2.45, 2.75) is 31.7 Å². The third-order valence-electron chi connectivity index (χ3n) is 4.72. The Morgan fingerprint density at radius 2 is 2.22 bits per heavy atom. The van der Waals surface area contributed by atoms with E-state index in [1.165, 1.54) is 0 Å². The van der Waals surface area contributed by atoms with Crippen molar-refractivity contribution in [2.75, 3.05) is 0 Å². The Kier molecular flexibility index (Phi) is 3.45. The summed E-state index contributed by atoms with van der Waals surface area (Å²) < 4.78 is 7.57. The summed E-state index contributed by atoms with van der Waals surface area (Å²) in [6, 6.07) is 10.3. The zero-order valence-electron chi connectivity index (χ0n) is 13.2. The first-order valence-corrected chi connectivity index (χ1v) is 8.11. The van der Waals surface area contributed by atoms with Gasteiger partial charge in [-0.3, -0.25) is 4.79 Å². The van der Waals surface area contributed by atoms with Crippen LogP contribution in [0.25, 0.3) is 10.9 Å². The lowest BCUT2D eigenvalue weighted by atomic mass is 9.93. The molecule has 1 atom stereocenters. The van der Waals surface area contributed by atoms with Crippen LogP contribution in [0.4, 0.5) is 0 Å². The molecule has 2 aromatic heterocycles. The maximum Gasteiger partial charge on any atom is 0.224 e. The van der Waals surface area contributed by atoms with Crippen molar-refractivity contribution in [3.05, 3.63) is 59.7 Å². The molecule has 3 aromatic rings. The minimum absolute atomic E-state index is 0.0698. The average Bonchev–Trinajstić information content (AvgIpc) is 3.14. The number of nitrogens with zero attached hydrogens (tertiary/aromatic N) is 1. The summed E-state index contributed by atoms with van der Waals surface area (Å²) >= 11 is 0. The van der Waals surface area contributed by atoms with Crippen LogP contribution in [0.3, 0.4) is 0 Å². The number of amides is 1. The standard InChI is InChI=1S/C19H20N2O2/c1-21-12-13(14-5-2-3-7-17(14)21)11-19(22)20-16-6-4-8-18-15(16)9-10-23-18/h2-3,5,7,9-10,12,16H,4,6,8,11H2,1H3,(H,20,22). The minimum Gasteiger partial charge on any atom is -0.469 e. The molecule has 0 spiro atoms. The largest absolute Gasteiger partial charge is 0.469 e. The average molecular weight is 308 g/mol. The van der Waals surface area contributed by atoms with E-state index in [9.17, 15) is 4.79 Å². The molecule has 1 aliphatic carbocycles. The molecule has 1 amide bonds. The van der Waals surface area contributed by atoms with Crippen LogP contribution >= 0.6 is 0 Å². The highest BCUT2D eigenvalue weighted by Gasteiger charge is 2.24. The normalized spacial score (nSPS) is 17.2. The maximum absolute atomic E-state index is 12.5. The van der Waals surface area contributed by atoms with Crippen LogP contribution in [0, 0.1) is 0 Å². The zero-order valence-corrected chi connectivity index (χ0v) is 13.2. The van der Waals surface area contributed by atoms with E-state index in [2.05, 4.69) is 22.0 Å². The number of nitrogens with one attached hydrogen (secondary N) is 1. The van der Waals surface area contributed by atoms with Crippen molar-refractivity contribution in [3.63, 3.8) is 0 Å². The summed E-state index contributed by atoms with van der Waals surface area (Å²) in [6.07, 6.45) is 7.19. The van der Waals surface area contributed by atoms with Crippen LogP contribution in [0.1, 0.15) is 35.8 Å². The monoisotopic (exact) mass is 308 g/mol. The van der Waals surface area contributed by atoms with Gasteiger partial charge in [-0.1, -0.05) is 18.2 Å². The highest BCUT2D eigenvalue weighted by atomic mass is 16.3. The first-order valence-electron chi connectivity index (χ1n) is 8.11. The Labute approximate surface area is 135 Å². The van der Waals surface area contributed by atoms with Crippen molar-refractivity contribution in [2.24, 2.45) is 7.05 Å². The minimum atomic E-state index is 0.0698. The third kappa shape index (κ3) is 2.54. The fraction of sp³-hybridized carbons (Fsp3) is 0.316. The number of carbonyl (C=O) groups is 1. The van der Waals surface area contributed by atoms with Gasteiger partial charge in [0.05, 0.1) is 18.7 Å². The van der Waals surface area contributed by atoms with Gasteiger partial charge in [-0.2, -0.15) is 0 Å². The molecule has 0 saturated carbocycles. The Bertz CT molecular complexity index is 859. The molecule has 0 saturated heterocycles. The molecule has 4 nitrogen and oxygen atoms in total. The van der Waals surface area contributed by atoms with Crippen LogP contribution in [-0.2, 0) is 24.7 Å². The summed E-state index contributed by atoms with van der Waals surface area (Å²) in [7, 11) is 2.02. The molecular formula is C19H20N2O2. The second-order valence-corrected chi connectivity index (χ2v) is 6.27. The fourth-order valence-corrected chi connectivity index (χ4v) is 3.62. The number of fused-ring (bicyclic) bond motifs is 2. The highest BCUT2D eigenvalue weighted by molar-refractivity contribution is 5.89. The van der Waals surface area contributed by atoms with Gasteiger partial charge in [0.1, 0.15) is 5.76 Å². The molecule has 1 unspecified atom stereocenters. The van der Waals surface area contributed by atoms with Crippen molar-refractivity contribution in [1.29, 1.82) is 0 Å². The molecule has 1 N–H and O–H groups in total. The van der Waals surface area contributed by atoms with Crippen molar-refractivity contribution in [1.82, 2.24) is 9.88 Å². The molecule has 0 aliphatic heterocycles. The topological polar surface area (TPSA) is 47.2 Å². The van der Waals surface area contributed by atoms with Gasteiger partial charge in [-0.05, 0) is 30.5 Å². The summed E-state index contributed by atoms with van der Waals surface area (Å²) in [5.74, 6) is 1.09. The van der Waals surface area contributed by atoms with E-state index in [1.807, 2.05) is 31.4 Å². The predicted octanol–water partition coefficient (Wildman–Crippen LogP) is 3.51. The van der Waals surface area contributed by atoms with Crippen LogP contribution in [-0.4, -0.2) is 10.5 Å². The van der Waals surface area contributed by atoms with Crippen LogP contribution in [0.2, 0.25) is 0 Å². The lowest BCUT2D eigenvalue weighted by Gasteiger charge is -2.22. The summed E-state index contributed by atoms with van der Waals surface area (Å²) in [6.45, 7) is 0. The number of rotatable bonds is 3. The van der Waals surface area contributed by atoms with Gasteiger partial charge in [-0.15, -0.1) is 0 Å². The predicted molar refractivity (Wildman–Crippen MR) is 89.2 cm³/mol.